The van der Waals surface area contributed by atoms with E-state index in [1.165, 1.54) is 0 Å². The molecular weight excluding hydrogens is 325 g/mol. The predicted octanol–water partition coefficient (Wildman–Crippen LogP) is 5.32. The molecule has 0 amide bonds. The van der Waals surface area contributed by atoms with Crippen LogP contribution in [0.15, 0.2) is 91.0 Å². The van der Waals surface area contributed by atoms with Gasteiger partial charge in [-0.3, -0.25) is 0 Å². The average Bonchev–Trinajstić information content (AvgIpc) is 2.71. The maximum absolute atomic E-state index is 14.6. The summed E-state index contributed by atoms with van der Waals surface area (Å²) < 4.78 is 20.7. The summed E-state index contributed by atoms with van der Waals surface area (Å²) in [6.45, 7) is 0.491. The molecule has 1 aliphatic heterocycles. The number of nitrogens with zero attached hydrogens (tertiary/aromatic N) is 1. The molecule has 4 rings (SSSR count). The first-order valence-electron chi connectivity index (χ1n) is 9.00. The lowest BCUT2D eigenvalue weighted by molar-refractivity contribution is -0.214. The van der Waals surface area contributed by atoms with E-state index in [0.29, 0.717) is 13.0 Å². The highest BCUT2D eigenvalue weighted by molar-refractivity contribution is 5.32. The molecule has 1 fully saturated rings. The zero-order valence-electron chi connectivity index (χ0n) is 14.5. The second kappa shape index (κ2) is 7.81. The number of halogens is 1. The summed E-state index contributed by atoms with van der Waals surface area (Å²) >= 11 is 0. The Labute approximate surface area is 153 Å². The molecule has 1 heterocycles. The SMILES string of the molecule is FC1CC(OCc2ccccc2)N1C(c1ccccc1)c1ccccc1. The van der Waals surface area contributed by atoms with Crippen LogP contribution in [0.1, 0.15) is 29.2 Å². The molecule has 0 radical (unpaired) electrons. The van der Waals surface area contributed by atoms with Gasteiger partial charge in [-0.15, -0.1) is 0 Å². The van der Waals surface area contributed by atoms with Crippen LogP contribution in [0.5, 0.6) is 0 Å². The van der Waals surface area contributed by atoms with Crippen molar-refractivity contribution in [1.82, 2.24) is 4.90 Å². The van der Waals surface area contributed by atoms with Crippen molar-refractivity contribution in [3.8, 4) is 0 Å². The number of hydrogen-bond acceptors (Lipinski definition) is 2. The van der Waals surface area contributed by atoms with E-state index in [4.69, 9.17) is 4.74 Å². The van der Waals surface area contributed by atoms with Gasteiger partial charge < -0.3 is 4.74 Å². The molecule has 2 unspecified atom stereocenters. The molecule has 1 aliphatic rings. The topological polar surface area (TPSA) is 12.5 Å². The zero-order chi connectivity index (χ0) is 17.8. The molecule has 3 aromatic rings. The zero-order valence-corrected chi connectivity index (χ0v) is 14.5. The van der Waals surface area contributed by atoms with E-state index in [0.717, 1.165) is 16.7 Å². The van der Waals surface area contributed by atoms with Crippen molar-refractivity contribution < 1.29 is 9.13 Å². The Morgan fingerprint density at radius 2 is 1.31 bits per heavy atom. The van der Waals surface area contributed by atoms with Gasteiger partial charge in [0.05, 0.1) is 12.6 Å². The van der Waals surface area contributed by atoms with E-state index in [9.17, 15) is 4.39 Å². The van der Waals surface area contributed by atoms with E-state index in [2.05, 4.69) is 24.3 Å². The third-order valence-corrected chi connectivity index (χ3v) is 4.87. The molecule has 2 nitrogen and oxygen atoms in total. The van der Waals surface area contributed by atoms with Gasteiger partial charge in [0.1, 0.15) is 6.23 Å². The molecule has 0 bridgehead atoms. The highest BCUT2D eigenvalue weighted by Gasteiger charge is 2.44. The standard InChI is InChI=1S/C23H22FNO/c24-21-16-22(26-17-18-10-4-1-5-11-18)25(21)23(19-12-6-2-7-13-19)20-14-8-3-9-15-20/h1-15,21-23H,16-17H2. The average molecular weight is 347 g/mol. The first kappa shape index (κ1) is 17.0. The van der Waals surface area contributed by atoms with Crippen LogP contribution in [-0.4, -0.2) is 17.4 Å². The van der Waals surface area contributed by atoms with Crippen LogP contribution in [-0.2, 0) is 11.3 Å². The maximum Gasteiger partial charge on any atom is 0.160 e. The molecule has 0 spiro atoms. The minimum absolute atomic E-state index is 0.151. The summed E-state index contributed by atoms with van der Waals surface area (Å²) in [6, 6.07) is 30.0. The van der Waals surface area contributed by atoms with Crippen molar-refractivity contribution in [2.75, 3.05) is 0 Å². The van der Waals surface area contributed by atoms with E-state index in [1.807, 2.05) is 71.6 Å². The van der Waals surface area contributed by atoms with Gasteiger partial charge in [0, 0.05) is 6.42 Å². The highest BCUT2D eigenvalue weighted by Crippen LogP contribution is 2.41. The lowest BCUT2D eigenvalue weighted by Gasteiger charge is -2.48. The van der Waals surface area contributed by atoms with Crippen molar-refractivity contribution in [1.29, 1.82) is 0 Å². The Morgan fingerprint density at radius 3 is 1.81 bits per heavy atom. The molecule has 26 heavy (non-hydrogen) atoms. The van der Waals surface area contributed by atoms with Gasteiger partial charge in [-0.25, -0.2) is 9.29 Å². The predicted molar refractivity (Wildman–Crippen MR) is 101 cm³/mol. The fourth-order valence-electron chi connectivity index (χ4n) is 3.51. The second-order valence-corrected chi connectivity index (χ2v) is 6.59. The summed E-state index contributed by atoms with van der Waals surface area (Å²) in [6.07, 6.45) is -0.819. The monoisotopic (exact) mass is 347 g/mol. The van der Waals surface area contributed by atoms with Crippen LogP contribution in [0.3, 0.4) is 0 Å². The quantitative estimate of drug-likeness (QED) is 0.560. The van der Waals surface area contributed by atoms with Crippen LogP contribution < -0.4 is 0 Å². The molecule has 0 N–H and O–H groups in total. The summed E-state index contributed by atoms with van der Waals surface area (Å²) in [7, 11) is 0. The smallest absolute Gasteiger partial charge is 0.160 e. The molecule has 0 aromatic heterocycles. The third kappa shape index (κ3) is 3.55. The first-order valence-corrected chi connectivity index (χ1v) is 9.00. The Hall–Kier alpha value is -2.49. The van der Waals surface area contributed by atoms with Crippen LogP contribution >= 0.6 is 0 Å². The van der Waals surface area contributed by atoms with E-state index in [-0.39, 0.29) is 12.3 Å². The summed E-state index contributed by atoms with van der Waals surface area (Å²) in [5, 5.41) is 0. The first-order chi connectivity index (χ1) is 12.8. The number of alkyl halides is 1. The lowest BCUT2D eigenvalue weighted by atomic mass is 9.93. The molecule has 3 aromatic carbocycles. The molecule has 1 saturated heterocycles. The van der Waals surface area contributed by atoms with Crippen molar-refractivity contribution in [3.63, 3.8) is 0 Å². The Morgan fingerprint density at radius 1 is 0.808 bits per heavy atom. The Kier molecular flexibility index (Phi) is 5.09. The van der Waals surface area contributed by atoms with Crippen molar-refractivity contribution in [2.45, 2.75) is 31.6 Å². The number of benzene rings is 3. The number of likely N-dealkylation sites (tertiary alicyclic amines) is 1. The largest absolute Gasteiger partial charge is 0.358 e. The highest BCUT2D eigenvalue weighted by atomic mass is 19.1. The van der Waals surface area contributed by atoms with Crippen molar-refractivity contribution in [3.05, 3.63) is 108 Å². The molecular formula is C23H22FNO. The van der Waals surface area contributed by atoms with E-state index < -0.39 is 6.30 Å². The molecule has 2 atom stereocenters. The van der Waals surface area contributed by atoms with E-state index in [1.54, 1.807) is 0 Å². The molecule has 0 aliphatic carbocycles. The van der Waals surface area contributed by atoms with Crippen molar-refractivity contribution >= 4 is 0 Å². The van der Waals surface area contributed by atoms with Gasteiger partial charge in [-0.1, -0.05) is 91.0 Å². The van der Waals surface area contributed by atoms with Crippen LogP contribution in [0.4, 0.5) is 4.39 Å². The number of hydrogen-bond donors (Lipinski definition) is 0. The van der Waals surface area contributed by atoms with Crippen LogP contribution in [0.2, 0.25) is 0 Å². The number of rotatable bonds is 6. The minimum Gasteiger partial charge on any atom is -0.358 e. The van der Waals surface area contributed by atoms with Gasteiger partial charge in [0.2, 0.25) is 0 Å². The molecule has 0 saturated carbocycles. The Bertz CT molecular complexity index is 770. The third-order valence-electron chi connectivity index (χ3n) is 4.87. The normalized spacial score (nSPS) is 20.1. The number of ether oxygens (including phenoxy) is 1. The van der Waals surface area contributed by atoms with Gasteiger partial charge >= 0.3 is 0 Å². The molecule has 132 valence electrons. The fourth-order valence-corrected chi connectivity index (χ4v) is 3.51. The summed E-state index contributed by atoms with van der Waals surface area (Å²) in [5.41, 5.74) is 3.26. The van der Waals surface area contributed by atoms with Gasteiger partial charge in [-0.05, 0) is 16.7 Å². The van der Waals surface area contributed by atoms with Gasteiger partial charge in [0.15, 0.2) is 6.30 Å². The fraction of sp³-hybridized carbons (Fsp3) is 0.217. The Balaban J connectivity index is 1.58. The maximum atomic E-state index is 14.6. The van der Waals surface area contributed by atoms with Crippen LogP contribution in [0, 0.1) is 0 Å². The van der Waals surface area contributed by atoms with Gasteiger partial charge in [-0.2, -0.15) is 0 Å². The van der Waals surface area contributed by atoms with E-state index >= 15 is 0 Å². The minimum atomic E-state index is -0.999. The lowest BCUT2D eigenvalue weighted by Crippen LogP contribution is -2.56. The van der Waals surface area contributed by atoms with Crippen LogP contribution in [0.25, 0.3) is 0 Å². The molecule has 3 heteroatoms. The summed E-state index contributed by atoms with van der Waals surface area (Å²) in [5.74, 6) is 0. The van der Waals surface area contributed by atoms with Crippen molar-refractivity contribution in [2.24, 2.45) is 0 Å². The second-order valence-electron chi connectivity index (χ2n) is 6.59. The van der Waals surface area contributed by atoms with Gasteiger partial charge in [0.25, 0.3) is 0 Å². The summed E-state index contributed by atoms with van der Waals surface area (Å²) in [4.78, 5) is 1.84.